The zero-order valence-electron chi connectivity index (χ0n) is 19.4. The minimum Gasteiger partial charge on any atom is -0.343 e. The minimum atomic E-state index is 0.191. The number of unbranched alkanes of at least 4 members (excludes halogenated alkanes) is 1. The van der Waals surface area contributed by atoms with Crippen LogP contribution in [-0.4, -0.2) is 55.6 Å². The van der Waals surface area contributed by atoms with Crippen molar-refractivity contribution in [3.05, 3.63) is 35.4 Å². The highest BCUT2D eigenvalue weighted by Crippen LogP contribution is 2.42. The predicted octanol–water partition coefficient (Wildman–Crippen LogP) is 4.94. The van der Waals surface area contributed by atoms with Crippen LogP contribution in [0.15, 0.2) is 34.4 Å². The molecule has 1 atom stereocenters. The van der Waals surface area contributed by atoms with Crippen LogP contribution in [0.3, 0.4) is 0 Å². The molecule has 0 aromatic heterocycles. The summed E-state index contributed by atoms with van der Waals surface area (Å²) in [7, 11) is 2.01. The van der Waals surface area contributed by atoms with Crippen molar-refractivity contribution in [2.75, 3.05) is 26.7 Å². The smallest absolute Gasteiger partial charge is 0.222 e. The van der Waals surface area contributed by atoms with Crippen LogP contribution in [-0.2, 0) is 11.2 Å². The second kappa shape index (κ2) is 11.9. The van der Waals surface area contributed by atoms with Crippen molar-refractivity contribution in [1.29, 1.82) is 0 Å². The van der Waals surface area contributed by atoms with Crippen molar-refractivity contribution < 1.29 is 4.79 Å². The number of piperidine rings is 1. The molecule has 5 heteroatoms. The maximum absolute atomic E-state index is 12.8. The van der Waals surface area contributed by atoms with Crippen LogP contribution < -0.4 is 0 Å². The van der Waals surface area contributed by atoms with Crippen LogP contribution in [0.2, 0.25) is 0 Å². The summed E-state index contributed by atoms with van der Waals surface area (Å²) in [5.41, 5.74) is 2.69. The van der Waals surface area contributed by atoms with Gasteiger partial charge in [0.05, 0.1) is 0 Å². The van der Waals surface area contributed by atoms with Gasteiger partial charge < -0.3 is 4.90 Å². The number of likely N-dealkylation sites (tertiary alicyclic amines) is 1. The molecule has 0 spiro atoms. The van der Waals surface area contributed by atoms with Crippen LogP contribution in [0.4, 0.5) is 0 Å². The Morgan fingerprint density at radius 3 is 2.57 bits per heavy atom. The molecule has 0 bridgehead atoms. The second-order valence-corrected chi connectivity index (χ2v) is 9.00. The number of rotatable bonds is 11. The Labute approximate surface area is 183 Å². The number of hydrogen-bond acceptors (Lipinski definition) is 3. The van der Waals surface area contributed by atoms with Crippen LogP contribution in [0.5, 0.6) is 0 Å². The molecule has 1 amide bonds. The van der Waals surface area contributed by atoms with Crippen molar-refractivity contribution in [3.63, 3.8) is 0 Å². The third-order valence-corrected chi connectivity index (χ3v) is 6.77. The summed E-state index contributed by atoms with van der Waals surface area (Å²) in [6, 6.07) is 8.50. The molecule has 1 aliphatic rings. The molecule has 0 saturated carbocycles. The number of nitrogens with zero attached hydrogens (tertiary/aromatic N) is 4. The molecule has 0 N–H and O–H groups in total. The third-order valence-electron chi connectivity index (χ3n) is 6.77. The van der Waals surface area contributed by atoms with E-state index < -0.39 is 0 Å². The molecule has 1 fully saturated rings. The highest BCUT2D eigenvalue weighted by atomic mass is 16.2. The van der Waals surface area contributed by atoms with E-state index >= 15 is 0 Å². The topological polar surface area (TPSA) is 48.3 Å². The first-order chi connectivity index (χ1) is 14.4. The highest BCUT2D eigenvalue weighted by Gasteiger charge is 2.40. The number of benzene rings is 1. The number of hydrogen-bond donors (Lipinski definition) is 0. The van der Waals surface area contributed by atoms with E-state index in [2.05, 4.69) is 66.7 Å². The zero-order valence-corrected chi connectivity index (χ0v) is 19.4. The van der Waals surface area contributed by atoms with E-state index in [1.165, 1.54) is 36.7 Å². The van der Waals surface area contributed by atoms with Gasteiger partial charge in [-0.2, -0.15) is 5.10 Å². The third kappa shape index (κ3) is 6.96. The average molecular weight is 413 g/mol. The molecule has 0 radical (unpaired) electrons. The lowest BCUT2D eigenvalue weighted by Gasteiger charge is -2.47. The van der Waals surface area contributed by atoms with Crippen LogP contribution in [0, 0.1) is 18.3 Å². The van der Waals surface area contributed by atoms with Gasteiger partial charge in [0.25, 0.3) is 0 Å². The first kappa shape index (κ1) is 24.1. The Balaban J connectivity index is 1.96. The van der Waals surface area contributed by atoms with E-state index in [4.69, 9.17) is 0 Å². The van der Waals surface area contributed by atoms with Gasteiger partial charge in [-0.25, -0.2) is 0 Å². The van der Waals surface area contributed by atoms with E-state index in [0.29, 0.717) is 12.3 Å². The van der Waals surface area contributed by atoms with Gasteiger partial charge in [-0.3, -0.25) is 14.8 Å². The molecule has 0 aliphatic carbocycles. The fraction of sp³-hybridized carbons (Fsp3) is 0.640. The van der Waals surface area contributed by atoms with Crippen LogP contribution in [0.1, 0.15) is 63.5 Å². The van der Waals surface area contributed by atoms with Gasteiger partial charge in [-0.15, -0.1) is 0 Å². The number of carbonyl (C=O) groups excluding carboxylic acids is 1. The molecular formula is C25H40N4O. The first-order valence-electron chi connectivity index (χ1n) is 11.4. The maximum Gasteiger partial charge on any atom is 0.222 e. The molecule has 2 rings (SSSR count). The lowest BCUT2D eigenvalue weighted by atomic mass is 9.67. The van der Waals surface area contributed by atoms with Crippen LogP contribution >= 0.6 is 0 Å². The minimum absolute atomic E-state index is 0.191. The molecule has 5 nitrogen and oxygen atoms in total. The second-order valence-electron chi connectivity index (χ2n) is 9.00. The lowest BCUT2D eigenvalue weighted by Crippen LogP contribution is -2.49. The van der Waals surface area contributed by atoms with Gasteiger partial charge in [0.1, 0.15) is 6.34 Å². The molecule has 1 aromatic rings. The lowest BCUT2D eigenvalue weighted by molar-refractivity contribution is -0.134. The van der Waals surface area contributed by atoms with Crippen LogP contribution in [0.25, 0.3) is 0 Å². The first-order valence-corrected chi connectivity index (χ1v) is 11.4. The van der Waals surface area contributed by atoms with E-state index in [1.54, 1.807) is 0 Å². The van der Waals surface area contributed by atoms with Crippen molar-refractivity contribution in [1.82, 2.24) is 9.91 Å². The highest BCUT2D eigenvalue weighted by molar-refractivity contribution is 5.76. The molecule has 1 unspecified atom stereocenters. The van der Waals surface area contributed by atoms with Crippen molar-refractivity contribution in [2.24, 2.45) is 21.4 Å². The molecule has 1 saturated heterocycles. The van der Waals surface area contributed by atoms with E-state index in [1.807, 2.05) is 12.1 Å². The largest absolute Gasteiger partial charge is 0.343 e. The summed E-state index contributed by atoms with van der Waals surface area (Å²) in [5, 5.41) is 6.36. The molecule has 1 heterocycles. The zero-order chi connectivity index (χ0) is 22.0. The number of hydrazone groups is 1. The van der Waals surface area contributed by atoms with E-state index in [9.17, 15) is 4.79 Å². The Morgan fingerprint density at radius 1 is 1.30 bits per heavy atom. The number of aliphatic imine (C=N–C) groups is 1. The molecule has 30 heavy (non-hydrogen) atoms. The monoisotopic (exact) mass is 412 g/mol. The van der Waals surface area contributed by atoms with Crippen molar-refractivity contribution in [3.8, 4) is 0 Å². The van der Waals surface area contributed by atoms with Crippen molar-refractivity contribution in [2.45, 2.75) is 65.7 Å². The van der Waals surface area contributed by atoms with Crippen molar-refractivity contribution >= 4 is 19.0 Å². The average Bonchev–Trinajstić information content (AvgIpc) is 2.75. The normalized spacial score (nSPS) is 17.1. The summed E-state index contributed by atoms with van der Waals surface area (Å²) in [4.78, 5) is 18.6. The Morgan fingerprint density at radius 2 is 1.97 bits per heavy atom. The van der Waals surface area contributed by atoms with Gasteiger partial charge in [0.15, 0.2) is 0 Å². The van der Waals surface area contributed by atoms with Gasteiger partial charge in [0, 0.05) is 33.1 Å². The summed E-state index contributed by atoms with van der Waals surface area (Å²) < 4.78 is 0. The Kier molecular flexibility index (Phi) is 9.54. The van der Waals surface area contributed by atoms with Gasteiger partial charge in [-0.1, -0.05) is 62.9 Å². The van der Waals surface area contributed by atoms with E-state index in [0.717, 1.165) is 38.9 Å². The maximum atomic E-state index is 12.8. The summed E-state index contributed by atoms with van der Waals surface area (Å²) in [5.74, 6) is 0.893. The molecule has 1 aromatic carbocycles. The standard InChI is InChI=1S/C25H40N4O/c1-6-7-8-22(3)25(19-28(5)27-20-26-4)15-17-29(18-16-25)24(30)14-13-23-11-9-21(2)10-12-23/h9-12,20,22H,4,6-8,13-19H2,1-3,5H3/b27-20-. The predicted molar refractivity (Wildman–Crippen MR) is 127 cm³/mol. The summed E-state index contributed by atoms with van der Waals surface area (Å²) in [6.45, 7) is 12.8. The Bertz CT molecular complexity index is 690. The molecule has 1 aliphatic heterocycles. The quantitative estimate of drug-likeness (QED) is 0.294. The summed E-state index contributed by atoms with van der Waals surface area (Å²) >= 11 is 0. The summed E-state index contributed by atoms with van der Waals surface area (Å²) in [6.07, 6.45) is 8.70. The van der Waals surface area contributed by atoms with E-state index in [-0.39, 0.29) is 11.3 Å². The SMILES string of the molecule is C=N/C=N\N(C)CC1(C(C)CCCC)CCN(C(=O)CCc2ccc(C)cc2)CC1. The fourth-order valence-electron chi connectivity index (χ4n) is 4.61. The Hall–Kier alpha value is -2.17. The molecule has 166 valence electrons. The fourth-order valence-corrected chi connectivity index (χ4v) is 4.61. The van der Waals surface area contributed by atoms with Gasteiger partial charge in [0.2, 0.25) is 5.91 Å². The van der Waals surface area contributed by atoms with Gasteiger partial charge in [-0.05, 0) is 49.8 Å². The number of carbonyl (C=O) groups is 1. The number of amides is 1. The molecular weight excluding hydrogens is 372 g/mol. The number of aryl methyl sites for hydroxylation is 2. The van der Waals surface area contributed by atoms with Gasteiger partial charge >= 0.3 is 0 Å².